The Hall–Kier alpha value is -0.374. The zero-order valence-electron chi connectivity index (χ0n) is 6.15. The molecule has 0 spiro atoms. The Bertz CT molecular complexity index is 150. The predicted molar refractivity (Wildman–Crippen MR) is 52.3 cm³/mol. The van der Waals surface area contributed by atoms with Gasteiger partial charge in [-0.1, -0.05) is 12.7 Å². The zero-order valence-corrected chi connectivity index (χ0v) is 8.83. The Morgan fingerprint density at radius 1 is 1.50 bits per heavy atom. The fourth-order valence-electron chi connectivity index (χ4n) is 0.141. The van der Waals surface area contributed by atoms with Gasteiger partial charge >= 0.3 is 0 Å². The largest absolute Gasteiger partial charge is 0.487 e. The van der Waals surface area contributed by atoms with Crippen molar-refractivity contribution in [2.24, 2.45) is 11.5 Å². The van der Waals surface area contributed by atoms with Crippen molar-refractivity contribution in [2.45, 2.75) is 0 Å². The molecule has 0 aromatic rings. The molecular weight excluding hydrogens is 243 g/mol. The number of rotatable bonds is 2. The van der Waals surface area contributed by atoms with Crippen LogP contribution in [0.5, 0.6) is 0 Å². The Labute approximate surface area is 92.1 Å². The summed E-state index contributed by atoms with van der Waals surface area (Å²) >= 11 is 8.24. The molecule has 0 aliphatic heterocycles. The topological polar surface area (TPSA) is 81.5 Å². The van der Waals surface area contributed by atoms with Gasteiger partial charge in [-0.3, -0.25) is 0 Å². The van der Waals surface area contributed by atoms with Crippen molar-refractivity contribution in [3.8, 4) is 0 Å². The molecule has 5 N–H and O–H groups in total. The quantitative estimate of drug-likeness (QED) is 0.482. The van der Waals surface area contributed by atoms with E-state index in [0.29, 0.717) is 6.61 Å². The summed E-state index contributed by atoms with van der Waals surface area (Å²) in [5.74, 6) is 0. The van der Waals surface area contributed by atoms with Crippen LogP contribution in [-0.4, -0.2) is 22.1 Å². The number of aliphatic hydroxyl groups is 1. The first-order chi connectivity index (χ1) is 5.00. The fraction of sp³-hybridized carbons (Fsp3) is 0.200. The molecule has 0 fully saturated rings. The van der Waals surface area contributed by atoms with Gasteiger partial charge in [0, 0.05) is 16.8 Å². The van der Waals surface area contributed by atoms with Crippen LogP contribution in [0.2, 0.25) is 0 Å². The van der Waals surface area contributed by atoms with Gasteiger partial charge in [-0.2, -0.15) is 0 Å². The van der Waals surface area contributed by atoms with Gasteiger partial charge < -0.3 is 21.3 Å². The number of hydrogen-bond donors (Lipinski definition) is 3. The molecule has 4 nitrogen and oxygen atoms in total. The monoisotopic (exact) mass is 253 g/mol. The molecule has 0 saturated heterocycles. The molecule has 0 aromatic carbocycles. The van der Waals surface area contributed by atoms with Crippen LogP contribution in [0.25, 0.3) is 0 Å². The number of aliphatic hydroxyl groups excluding tert-OH is 1. The first-order valence-corrected chi connectivity index (χ1v) is 3.33. The van der Waals surface area contributed by atoms with Gasteiger partial charge in [0.1, 0.15) is 6.61 Å². The van der Waals surface area contributed by atoms with Crippen molar-refractivity contribution < 1.29 is 26.6 Å². The Balaban J connectivity index is -0.000000142. The van der Waals surface area contributed by atoms with Crippen LogP contribution in [0, 0.1) is 0 Å². The minimum Gasteiger partial charge on any atom is -0.487 e. The number of hydrogen-bond acceptors (Lipinski definition) is 3. The van der Waals surface area contributed by atoms with Gasteiger partial charge in [0.05, 0.1) is 0 Å². The second-order valence-electron chi connectivity index (χ2n) is 1.26. The smallest absolute Gasteiger partial charge is 0.254 e. The summed E-state index contributed by atoms with van der Waals surface area (Å²) in [5, 5.41) is 7.13. The molecule has 0 aliphatic carbocycles. The summed E-state index contributed by atoms with van der Waals surface area (Å²) in [5.41, 5.74) is 9.34. The third-order valence-corrected chi connectivity index (χ3v) is 0.461. The van der Waals surface area contributed by atoms with Crippen LogP contribution in [0.15, 0.2) is 12.7 Å². The molecule has 0 unspecified atom stereocenters. The molecule has 0 saturated carbocycles. The van der Waals surface area contributed by atoms with E-state index < -0.39 is 5.17 Å². The van der Waals surface area contributed by atoms with Crippen LogP contribution in [0.4, 0.5) is 0 Å². The molecule has 7 heteroatoms. The van der Waals surface area contributed by atoms with Gasteiger partial charge in [-0.25, -0.2) is 0 Å². The Morgan fingerprint density at radius 3 is 1.92 bits per heavy atom. The molecular formula is C5H10CoN2O2S2. The Morgan fingerprint density at radius 2 is 1.83 bits per heavy atom. The maximum Gasteiger partial charge on any atom is 0.254 e. The van der Waals surface area contributed by atoms with E-state index in [1.807, 2.05) is 0 Å². The van der Waals surface area contributed by atoms with E-state index >= 15 is 0 Å². The van der Waals surface area contributed by atoms with Crippen molar-refractivity contribution in [3.63, 3.8) is 0 Å². The third-order valence-electron chi connectivity index (χ3n) is 0.343. The van der Waals surface area contributed by atoms with Crippen molar-refractivity contribution >= 4 is 34.8 Å². The third kappa shape index (κ3) is 54.5. The predicted octanol–water partition coefficient (Wildman–Crippen LogP) is 0.218. The Kier molecular flexibility index (Phi) is 19.5. The molecule has 0 aliphatic rings. The van der Waals surface area contributed by atoms with Gasteiger partial charge in [0.25, 0.3) is 10.3 Å². The first kappa shape index (κ1) is 17.6. The van der Waals surface area contributed by atoms with Gasteiger partial charge in [-0.15, -0.1) is 0 Å². The molecule has 12 heavy (non-hydrogen) atoms. The number of ether oxygens (including phenoxy) is 1. The van der Waals surface area contributed by atoms with Gasteiger partial charge in [-0.05, 0) is 24.4 Å². The van der Waals surface area contributed by atoms with E-state index in [-0.39, 0.29) is 22.0 Å². The summed E-state index contributed by atoms with van der Waals surface area (Å²) < 4.78 is 4.58. The second-order valence-corrected chi connectivity index (χ2v) is 2.08. The van der Waals surface area contributed by atoms with Crippen molar-refractivity contribution in [1.82, 2.24) is 0 Å². The maximum atomic E-state index is 7.56. The van der Waals surface area contributed by atoms with E-state index in [0.717, 1.165) is 0 Å². The number of nitrogens with two attached hydrogens (primary N) is 2. The van der Waals surface area contributed by atoms with Crippen LogP contribution in [-0.2, 0) is 21.5 Å². The number of thiocarbonyl (C=S) groups is 2. The summed E-state index contributed by atoms with van der Waals surface area (Å²) in [7, 11) is 0. The second kappa shape index (κ2) is 13.2. The summed E-state index contributed by atoms with van der Waals surface area (Å²) in [6.07, 6.45) is 1.58. The zero-order chi connectivity index (χ0) is 9.28. The van der Waals surface area contributed by atoms with Crippen LogP contribution in [0.1, 0.15) is 0 Å². The molecule has 0 rings (SSSR count). The summed E-state index contributed by atoms with van der Waals surface area (Å²) in [6.45, 7) is 3.79. The average Bonchev–Trinajstić information content (AvgIpc) is 1.82. The van der Waals surface area contributed by atoms with E-state index in [4.69, 9.17) is 10.8 Å². The van der Waals surface area contributed by atoms with Gasteiger partial charge in [0.15, 0.2) is 0 Å². The summed E-state index contributed by atoms with van der Waals surface area (Å²) in [6, 6.07) is 0. The molecule has 0 atom stereocenters. The summed E-state index contributed by atoms with van der Waals surface area (Å²) in [4.78, 5) is 0. The molecule has 1 radical (unpaired) electrons. The van der Waals surface area contributed by atoms with Crippen LogP contribution >= 0.6 is 24.4 Å². The van der Waals surface area contributed by atoms with Crippen molar-refractivity contribution in [1.29, 1.82) is 0 Å². The minimum absolute atomic E-state index is 0. The SMILES string of the molecule is C=CCOC(N)=S.NC(O)=S.[Co]. The first-order valence-electron chi connectivity index (χ1n) is 2.52. The van der Waals surface area contributed by atoms with Crippen molar-refractivity contribution in [3.05, 3.63) is 12.7 Å². The maximum absolute atomic E-state index is 7.56. The molecule has 0 amide bonds. The molecule has 0 bridgehead atoms. The van der Waals surface area contributed by atoms with E-state index in [1.165, 1.54) is 0 Å². The molecule has 73 valence electrons. The van der Waals surface area contributed by atoms with E-state index in [9.17, 15) is 0 Å². The molecule has 0 aromatic heterocycles. The molecule has 0 heterocycles. The average molecular weight is 253 g/mol. The van der Waals surface area contributed by atoms with E-state index in [1.54, 1.807) is 6.08 Å². The van der Waals surface area contributed by atoms with Crippen LogP contribution < -0.4 is 11.5 Å². The standard InChI is InChI=1S/C4H7NOS.CH3NOS.Co/c1-2-3-6-4(5)7;2-1(3)4;/h2H,1,3H2,(H2,5,7);(H3,2,3,4);. The normalized spacial score (nSPS) is 6.33. The van der Waals surface area contributed by atoms with Crippen molar-refractivity contribution in [2.75, 3.05) is 6.61 Å². The minimum atomic E-state index is -0.500. The fourth-order valence-corrected chi connectivity index (χ4v) is 0.209. The van der Waals surface area contributed by atoms with Gasteiger partial charge in [0.2, 0.25) is 0 Å². The van der Waals surface area contributed by atoms with Crippen LogP contribution in [0.3, 0.4) is 0 Å². The van der Waals surface area contributed by atoms with E-state index in [2.05, 4.69) is 41.5 Å².